The molecule has 0 aliphatic carbocycles. The Morgan fingerprint density at radius 2 is 1.57 bits per heavy atom. The van der Waals surface area contributed by atoms with Crippen LogP contribution in [0.25, 0.3) is 0 Å². The number of hydrogen-bond donors (Lipinski definition) is 2. The van der Waals surface area contributed by atoms with Crippen LogP contribution in [0.15, 0.2) is 60.7 Å². The Balaban J connectivity index is 1.99. The lowest BCUT2D eigenvalue weighted by Crippen LogP contribution is -3.12. The van der Waals surface area contributed by atoms with Crippen molar-refractivity contribution in [2.24, 2.45) is 5.92 Å². The summed E-state index contributed by atoms with van der Waals surface area (Å²) in [6.07, 6.45) is 0.813. The van der Waals surface area contributed by atoms with Crippen LogP contribution in [0.3, 0.4) is 0 Å². The number of aliphatic hydroxyl groups is 1. The van der Waals surface area contributed by atoms with E-state index in [1.54, 1.807) is 0 Å². The number of piperidine rings is 1. The first-order valence-corrected chi connectivity index (χ1v) is 7.78. The molecule has 2 N–H and O–H groups in total. The minimum absolute atomic E-state index is 0.177. The summed E-state index contributed by atoms with van der Waals surface area (Å²) in [5.41, 5.74) is 1.63. The molecule has 1 aliphatic rings. The largest absolute Gasteiger partial charge is 0.384 e. The minimum atomic E-state index is -0.735. The van der Waals surface area contributed by atoms with Gasteiger partial charge in [0.25, 0.3) is 0 Å². The number of benzene rings is 2. The maximum Gasteiger partial charge on any atom is 0.119 e. The second kappa shape index (κ2) is 5.63. The number of likely N-dealkylation sites (tertiary alicyclic amines) is 1. The fraction of sp³-hybridized carbons (Fsp3) is 0.368. The van der Waals surface area contributed by atoms with Gasteiger partial charge in [-0.2, -0.15) is 0 Å². The summed E-state index contributed by atoms with van der Waals surface area (Å²) in [6, 6.07) is 21.1. The first-order chi connectivity index (χ1) is 10.1. The second-order valence-corrected chi connectivity index (χ2v) is 6.31. The Morgan fingerprint density at radius 3 is 2.19 bits per heavy atom. The average Bonchev–Trinajstić information content (AvgIpc) is 2.53. The Kier molecular flexibility index (Phi) is 3.83. The van der Waals surface area contributed by atoms with Crippen molar-refractivity contribution in [3.05, 3.63) is 71.8 Å². The molecule has 4 atom stereocenters. The van der Waals surface area contributed by atoms with Gasteiger partial charge in [-0.15, -0.1) is 0 Å². The predicted octanol–water partition coefficient (Wildman–Crippen LogP) is 2.17. The van der Waals surface area contributed by atoms with Gasteiger partial charge >= 0.3 is 0 Å². The fourth-order valence-electron chi connectivity index (χ4n) is 3.84. The quantitative estimate of drug-likeness (QED) is 0.867. The van der Waals surface area contributed by atoms with Gasteiger partial charge in [-0.3, -0.25) is 0 Å². The standard InChI is InChI=1S/C19H23NO/c1-15-18(16-9-5-3-6-10-16)20(2)14-13-19(15,21)17-11-7-4-8-12-17/h3-12,15,18,21H,13-14H2,1-2H3/p+1/t15-,18-,19+/m0/s1. The molecule has 0 bridgehead atoms. The van der Waals surface area contributed by atoms with Crippen LogP contribution in [0.1, 0.15) is 30.5 Å². The minimum Gasteiger partial charge on any atom is -0.384 e. The van der Waals surface area contributed by atoms with Crippen LogP contribution in [-0.4, -0.2) is 18.7 Å². The molecule has 2 nitrogen and oxygen atoms in total. The normalized spacial score (nSPS) is 32.8. The van der Waals surface area contributed by atoms with Gasteiger partial charge in [0, 0.05) is 17.9 Å². The van der Waals surface area contributed by atoms with E-state index in [4.69, 9.17) is 0 Å². The summed E-state index contributed by atoms with van der Waals surface area (Å²) >= 11 is 0. The van der Waals surface area contributed by atoms with Crippen LogP contribution in [0.2, 0.25) is 0 Å². The van der Waals surface area contributed by atoms with Crippen molar-refractivity contribution in [2.45, 2.75) is 25.0 Å². The average molecular weight is 282 g/mol. The zero-order valence-electron chi connectivity index (χ0n) is 12.8. The third-order valence-electron chi connectivity index (χ3n) is 5.12. The molecule has 21 heavy (non-hydrogen) atoms. The van der Waals surface area contributed by atoms with E-state index in [0.717, 1.165) is 18.5 Å². The summed E-state index contributed by atoms with van der Waals surface area (Å²) in [6.45, 7) is 3.17. The van der Waals surface area contributed by atoms with E-state index in [1.165, 1.54) is 10.5 Å². The summed E-state index contributed by atoms with van der Waals surface area (Å²) < 4.78 is 0. The molecule has 0 amide bonds. The van der Waals surface area contributed by atoms with Crippen LogP contribution in [0.4, 0.5) is 0 Å². The lowest BCUT2D eigenvalue weighted by Gasteiger charge is -2.45. The van der Waals surface area contributed by atoms with E-state index in [-0.39, 0.29) is 5.92 Å². The second-order valence-electron chi connectivity index (χ2n) is 6.31. The van der Waals surface area contributed by atoms with Gasteiger partial charge in [-0.25, -0.2) is 0 Å². The molecule has 1 saturated heterocycles. The Morgan fingerprint density at radius 1 is 1.00 bits per heavy atom. The molecule has 1 fully saturated rings. The third-order valence-corrected chi connectivity index (χ3v) is 5.12. The van der Waals surface area contributed by atoms with E-state index in [9.17, 15) is 5.11 Å². The van der Waals surface area contributed by atoms with Crippen molar-refractivity contribution in [1.29, 1.82) is 0 Å². The molecular formula is C19H24NO+. The van der Waals surface area contributed by atoms with Crippen molar-refractivity contribution in [2.75, 3.05) is 13.6 Å². The number of rotatable bonds is 2. The zero-order chi connectivity index (χ0) is 14.9. The molecule has 0 saturated carbocycles. The van der Waals surface area contributed by atoms with Gasteiger partial charge in [0.2, 0.25) is 0 Å². The van der Waals surface area contributed by atoms with E-state index in [2.05, 4.69) is 56.4 Å². The van der Waals surface area contributed by atoms with Crippen molar-refractivity contribution < 1.29 is 10.0 Å². The molecule has 1 unspecified atom stereocenters. The van der Waals surface area contributed by atoms with Gasteiger partial charge in [-0.05, 0) is 5.56 Å². The first kappa shape index (κ1) is 14.3. The van der Waals surface area contributed by atoms with Gasteiger partial charge in [0.05, 0.1) is 13.6 Å². The molecule has 2 aromatic rings. The van der Waals surface area contributed by atoms with E-state index < -0.39 is 5.60 Å². The number of hydrogen-bond acceptors (Lipinski definition) is 1. The van der Waals surface area contributed by atoms with Gasteiger partial charge in [0.1, 0.15) is 11.6 Å². The molecule has 3 rings (SSSR count). The summed E-state index contributed by atoms with van der Waals surface area (Å²) in [7, 11) is 2.23. The Hall–Kier alpha value is -1.64. The summed E-state index contributed by atoms with van der Waals surface area (Å²) in [5, 5.41) is 11.3. The molecule has 2 heteroatoms. The van der Waals surface area contributed by atoms with Crippen molar-refractivity contribution in [3.8, 4) is 0 Å². The zero-order valence-corrected chi connectivity index (χ0v) is 12.8. The summed E-state index contributed by atoms with van der Waals surface area (Å²) in [4.78, 5) is 1.48. The predicted molar refractivity (Wildman–Crippen MR) is 85.1 cm³/mol. The highest BCUT2D eigenvalue weighted by Crippen LogP contribution is 2.40. The lowest BCUT2D eigenvalue weighted by atomic mass is 9.71. The van der Waals surface area contributed by atoms with E-state index in [0.29, 0.717) is 6.04 Å². The lowest BCUT2D eigenvalue weighted by molar-refractivity contribution is -0.926. The highest BCUT2D eigenvalue weighted by Gasteiger charge is 2.48. The third kappa shape index (κ3) is 2.50. The van der Waals surface area contributed by atoms with Gasteiger partial charge < -0.3 is 10.0 Å². The number of quaternary nitrogens is 1. The van der Waals surface area contributed by atoms with Crippen LogP contribution in [0.5, 0.6) is 0 Å². The molecule has 2 aromatic carbocycles. The molecule has 0 radical (unpaired) electrons. The highest BCUT2D eigenvalue weighted by molar-refractivity contribution is 5.26. The van der Waals surface area contributed by atoms with Crippen LogP contribution in [0, 0.1) is 5.92 Å². The molecule has 110 valence electrons. The molecular weight excluding hydrogens is 258 g/mol. The molecule has 1 heterocycles. The Bertz CT molecular complexity index is 583. The SMILES string of the molecule is C[C@H]1[C@@H](c2ccccc2)[NH+](C)CC[C@]1(O)c1ccccc1. The van der Waals surface area contributed by atoms with E-state index in [1.807, 2.05) is 18.2 Å². The van der Waals surface area contributed by atoms with Gasteiger partial charge in [-0.1, -0.05) is 67.6 Å². The summed E-state index contributed by atoms with van der Waals surface area (Å²) in [5.74, 6) is 0.177. The van der Waals surface area contributed by atoms with Crippen molar-refractivity contribution >= 4 is 0 Å². The highest BCUT2D eigenvalue weighted by atomic mass is 16.3. The maximum atomic E-state index is 11.3. The molecule has 0 spiro atoms. The van der Waals surface area contributed by atoms with Crippen LogP contribution < -0.4 is 4.90 Å². The molecule has 1 aliphatic heterocycles. The van der Waals surface area contributed by atoms with E-state index >= 15 is 0 Å². The topological polar surface area (TPSA) is 24.7 Å². The van der Waals surface area contributed by atoms with Crippen molar-refractivity contribution in [3.63, 3.8) is 0 Å². The monoisotopic (exact) mass is 282 g/mol. The fourth-order valence-corrected chi connectivity index (χ4v) is 3.84. The smallest absolute Gasteiger partial charge is 0.119 e. The van der Waals surface area contributed by atoms with Crippen LogP contribution >= 0.6 is 0 Å². The van der Waals surface area contributed by atoms with Crippen LogP contribution in [-0.2, 0) is 5.60 Å². The molecule has 0 aromatic heterocycles. The van der Waals surface area contributed by atoms with Crippen molar-refractivity contribution in [1.82, 2.24) is 0 Å². The maximum absolute atomic E-state index is 11.3. The number of nitrogens with one attached hydrogen (secondary N) is 1. The first-order valence-electron chi connectivity index (χ1n) is 7.78. The Labute approximate surface area is 127 Å². The van der Waals surface area contributed by atoms with Gasteiger partial charge in [0.15, 0.2) is 0 Å².